The Kier molecular flexibility index (Phi) is 2.64. The van der Waals surface area contributed by atoms with Crippen LogP contribution in [0.2, 0.25) is 0 Å². The summed E-state index contributed by atoms with van der Waals surface area (Å²) >= 11 is 0. The van der Waals surface area contributed by atoms with Gasteiger partial charge in [0.1, 0.15) is 12.2 Å². The fraction of sp³-hybridized carbons (Fsp3) is 0.0833. The summed E-state index contributed by atoms with van der Waals surface area (Å²) in [7, 11) is 0. The fourth-order valence-corrected chi connectivity index (χ4v) is 4.67. The highest BCUT2D eigenvalue weighted by Gasteiger charge is 2.32. The molecule has 0 spiro atoms. The average molecular weight is 336 g/mol. The Morgan fingerprint density at radius 2 is 1.50 bits per heavy atom. The van der Waals surface area contributed by atoms with E-state index in [0.29, 0.717) is 0 Å². The minimum Gasteiger partial charge on any atom is -0.386 e. The van der Waals surface area contributed by atoms with Crippen molar-refractivity contribution in [3.8, 4) is 22.3 Å². The second kappa shape index (κ2) is 4.82. The van der Waals surface area contributed by atoms with E-state index in [0.717, 1.165) is 22.3 Å². The number of aliphatic hydroxyl groups is 2. The van der Waals surface area contributed by atoms with Gasteiger partial charge in [0, 0.05) is 0 Å². The van der Waals surface area contributed by atoms with Crippen LogP contribution < -0.4 is 0 Å². The molecule has 0 fully saturated rings. The minimum atomic E-state index is -0.903. The van der Waals surface area contributed by atoms with Crippen LogP contribution in [0.4, 0.5) is 0 Å². The summed E-state index contributed by atoms with van der Waals surface area (Å²) < 4.78 is 0. The molecular formula is C24H16O2. The van der Waals surface area contributed by atoms with Gasteiger partial charge in [-0.25, -0.2) is 0 Å². The molecule has 4 aromatic carbocycles. The molecule has 4 aromatic rings. The van der Waals surface area contributed by atoms with Crippen LogP contribution in [-0.2, 0) is 0 Å². The van der Waals surface area contributed by atoms with E-state index in [4.69, 9.17) is 0 Å². The highest BCUT2D eigenvalue weighted by atomic mass is 16.3. The maximum absolute atomic E-state index is 10.8. The maximum Gasteiger partial charge on any atom is 0.110 e. The van der Waals surface area contributed by atoms with Crippen LogP contribution in [0.3, 0.4) is 0 Å². The van der Waals surface area contributed by atoms with Crippen LogP contribution in [0.15, 0.2) is 66.7 Å². The zero-order valence-electron chi connectivity index (χ0n) is 14.0. The Labute approximate surface area is 150 Å². The Hall–Kier alpha value is -2.94. The van der Waals surface area contributed by atoms with Crippen molar-refractivity contribution < 1.29 is 10.2 Å². The summed E-state index contributed by atoms with van der Waals surface area (Å²) in [5.41, 5.74) is 6.45. The predicted molar refractivity (Wildman–Crippen MR) is 106 cm³/mol. The van der Waals surface area contributed by atoms with Crippen molar-refractivity contribution in [2.24, 2.45) is 0 Å². The number of rotatable bonds is 0. The van der Waals surface area contributed by atoms with Gasteiger partial charge in [-0.15, -0.1) is 0 Å². The molecule has 2 N–H and O–H groups in total. The van der Waals surface area contributed by atoms with Crippen molar-refractivity contribution in [1.29, 1.82) is 0 Å². The first kappa shape index (κ1) is 14.3. The zero-order valence-corrected chi connectivity index (χ0v) is 14.0. The summed E-state index contributed by atoms with van der Waals surface area (Å²) in [6.45, 7) is 0. The Balaban J connectivity index is 1.91. The molecule has 2 aliphatic rings. The second-order valence-electron chi connectivity index (χ2n) is 7.16. The third kappa shape index (κ3) is 1.63. The first-order chi connectivity index (χ1) is 12.7. The van der Waals surface area contributed by atoms with Crippen molar-refractivity contribution in [2.75, 3.05) is 0 Å². The molecule has 26 heavy (non-hydrogen) atoms. The van der Waals surface area contributed by atoms with E-state index in [1.807, 2.05) is 12.1 Å². The fourth-order valence-electron chi connectivity index (χ4n) is 4.67. The largest absolute Gasteiger partial charge is 0.386 e. The molecule has 2 aliphatic carbocycles. The van der Waals surface area contributed by atoms with Crippen molar-refractivity contribution in [1.82, 2.24) is 0 Å². The number of aliphatic hydroxyl groups excluding tert-OH is 2. The van der Waals surface area contributed by atoms with Crippen LogP contribution >= 0.6 is 0 Å². The van der Waals surface area contributed by atoms with Gasteiger partial charge in [-0.1, -0.05) is 60.7 Å². The molecular weight excluding hydrogens is 320 g/mol. The molecule has 0 saturated carbocycles. The number of hydrogen-bond donors (Lipinski definition) is 2. The Morgan fingerprint density at radius 1 is 0.731 bits per heavy atom. The SMILES string of the molecule is OC1C=Cc2cc3c4c(cc5ccccc53)-c3ccccc3-c4c2C1O. The summed E-state index contributed by atoms with van der Waals surface area (Å²) in [5.74, 6) is 0. The van der Waals surface area contributed by atoms with Crippen molar-refractivity contribution in [3.05, 3.63) is 77.9 Å². The topological polar surface area (TPSA) is 40.5 Å². The van der Waals surface area contributed by atoms with Crippen LogP contribution in [0.5, 0.6) is 0 Å². The highest BCUT2D eigenvalue weighted by Crippen LogP contribution is 2.53. The zero-order chi connectivity index (χ0) is 17.4. The molecule has 2 heteroatoms. The van der Waals surface area contributed by atoms with Gasteiger partial charge in [0.05, 0.1) is 0 Å². The maximum atomic E-state index is 10.8. The molecule has 2 atom stereocenters. The molecule has 0 amide bonds. The van der Waals surface area contributed by atoms with Crippen molar-refractivity contribution in [2.45, 2.75) is 12.2 Å². The molecule has 2 unspecified atom stereocenters. The lowest BCUT2D eigenvalue weighted by molar-refractivity contribution is 0.0475. The van der Waals surface area contributed by atoms with Gasteiger partial charge in [-0.3, -0.25) is 0 Å². The molecule has 0 aliphatic heterocycles. The third-order valence-corrected chi connectivity index (χ3v) is 5.80. The predicted octanol–water partition coefficient (Wildman–Crippen LogP) is 5.06. The standard InChI is InChI=1S/C24H16O2/c25-20-10-9-14-12-18-15-6-2-1-5-13(15)11-19-16-7-3-4-8-17(16)23(22(18)19)21(14)24(20)26/h1-12,20,24-26H. The van der Waals surface area contributed by atoms with E-state index in [2.05, 4.69) is 54.6 Å². The minimum absolute atomic E-state index is 0.842. The molecule has 0 bridgehead atoms. The highest BCUT2D eigenvalue weighted by molar-refractivity contribution is 6.24. The van der Waals surface area contributed by atoms with E-state index in [1.54, 1.807) is 6.08 Å². The molecule has 0 aromatic heterocycles. The van der Waals surface area contributed by atoms with Gasteiger partial charge >= 0.3 is 0 Å². The van der Waals surface area contributed by atoms with Crippen molar-refractivity contribution >= 4 is 27.6 Å². The second-order valence-corrected chi connectivity index (χ2v) is 7.16. The van der Waals surface area contributed by atoms with Crippen LogP contribution in [0.25, 0.3) is 49.9 Å². The van der Waals surface area contributed by atoms with Gasteiger partial charge < -0.3 is 10.2 Å². The van der Waals surface area contributed by atoms with Crippen LogP contribution in [0, 0.1) is 0 Å². The van der Waals surface area contributed by atoms with Gasteiger partial charge in [0.25, 0.3) is 0 Å². The van der Waals surface area contributed by atoms with Crippen LogP contribution in [0.1, 0.15) is 17.2 Å². The summed E-state index contributed by atoms with van der Waals surface area (Å²) in [6, 6.07) is 21.2. The van der Waals surface area contributed by atoms with E-state index >= 15 is 0 Å². The molecule has 2 nitrogen and oxygen atoms in total. The number of hydrogen-bond acceptors (Lipinski definition) is 2. The number of benzene rings is 4. The van der Waals surface area contributed by atoms with E-state index in [-0.39, 0.29) is 0 Å². The normalized spacial score (nSPS) is 19.8. The van der Waals surface area contributed by atoms with Crippen molar-refractivity contribution in [3.63, 3.8) is 0 Å². The third-order valence-electron chi connectivity index (χ3n) is 5.80. The lowest BCUT2D eigenvalue weighted by Crippen LogP contribution is -2.20. The molecule has 6 rings (SSSR count). The lowest BCUT2D eigenvalue weighted by Gasteiger charge is -2.25. The molecule has 0 radical (unpaired) electrons. The smallest absolute Gasteiger partial charge is 0.110 e. The van der Waals surface area contributed by atoms with Gasteiger partial charge in [-0.2, -0.15) is 0 Å². The summed E-state index contributed by atoms with van der Waals surface area (Å²) in [5, 5.41) is 25.8. The van der Waals surface area contributed by atoms with Gasteiger partial charge in [-0.05, 0) is 67.1 Å². The van der Waals surface area contributed by atoms with Gasteiger partial charge in [0.15, 0.2) is 0 Å². The average Bonchev–Trinajstić information content (AvgIpc) is 3.00. The first-order valence-electron chi connectivity index (χ1n) is 8.90. The van der Waals surface area contributed by atoms with E-state index in [1.165, 1.54) is 32.7 Å². The van der Waals surface area contributed by atoms with E-state index < -0.39 is 12.2 Å². The molecule has 124 valence electrons. The number of fused-ring (bicyclic) bond motifs is 7. The monoisotopic (exact) mass is 336 g/mol. The first-order valence-corrected chi connectivity index (χ1v) is 8.90. The van der Waals surface area contributed by atoms with E-state index in [9.17, 15) is 10.2 Å². The molecule has 0 saturated heterocycles. The van der Waals surface area contributed by atoms with Crippen LogP contribution in [-0.4, -0.2) is 16.3 Å². The lowest BCUT2D eigenvalue weighted by atomic mass is 9.84. The summed E-state index contributed by atoms with van der Waals surface area (Å²) in [4.78, 5) is 0. The Bertz CT molecular complexity index is 1270. The Morgan fingerprint density at radius 3 is 2.38 bits per heavy atom. The molecule has 0 heterocycles. The van der Waals surface area contributed by atoms with Gasteiger partial charge in [0.2, 0.25) is 0 Å². The summed E-state index contributed by atoms with van der Waals surface area (Å²) in [6.07, 6.45) is 1.84. The quantitative estimate of drug-likeness (QED) is 0.388.